The monoisotopic (exact) mass is 305 g/mol. The van der Waals surface area contributed by atoms with Crippen LogP contribution in [0.25, 0.3) is 0 Å². The lowest BCUT2D eigenvalue weighted by Gasteiger charge is -2.20. The molecule has 1 saturated heterocycles. The van der Waals surface area contributed by atoms with Gasteiger partial charge in [0.25, 0.3) is 0 Å². The Bertz CT molecular complexity index is 584. The number of amides is 1. The van der Waals surface area contributed by atoms with Gasteiger partial charge >= 0.3 is 0 Å². The van der Waals surface area contributed by atoms with Gasteiger partial charge in [0.1, 0.15) is 11.1 Å². The second-order valence-corrected chi connectivity index (χ2v) is 7.61. The van der Waals surface area contributed by atoms with Crippen molar-refractivity contribution in [1.82, 2.24) is 9.78 Å². The molecule has 2 rings (SSSR count). The average molecular weight is 306 g/mol. The van der Waals surface area contributed by atoms with Gasteiger partial charge in [0.2, 0.25) is 15.0 Å². The molecule has 1 aromatic rings. The summed E-state index contributed by atoms with van der Waals surface area (Å²) in [6.45, 7) is 4.10. The number of rotatable bonds is 4. The lowest BCUT2D eigenvalue weighted by molar-refractivity contribution is -0.117. The zero-order valence-electron chi connectivity index (χ0n) is 10.8. The fourth-order valence-corrected chi connectivity index (χ4v) is 3.15. The molecule has 2 atom stereocenters. The fourth-order valence-electron chi connectivity index (χ4n) is 2.12. The van der Waals surface area contributed by atoms with E-state index in [4.69, 9.17) is 10.7 Å². The van der Waals surface area contributed by atoms with Crippen molar-refractivity contribution in [2.45, 2.75) is 38.0 Å². The summed E-state index contributed by atoms with van der Waals surface area (Å²) in [5, 5.41) is 3.35. The van der Waals surface area contributed by atoms with Crippen LogP contribution in [0.15, 0.2) is 12.3 Å². The molecule has 0 aromatic carbocycles. The molecule has 106 valence electrons. The molecule has 6 nitrogen and oxygen atoms in total. The fraction of sp³-hybridized carbons (Fsp3) is 0.636. The summed E-state index contributed by atoms with van der Waals surface area (Å²) in [6, 6.07) is 1.86. The quantitative estimate of drug-likeness (QED) is 0.791. The summed E-state index contributed by atoms with van der Waals surface area (Å²) in [5.41, 5.74) is 0. The van der Waals surface area contributed by atoms with E-state index in [-0.39, 0.29) is 24.9 Å². The van der Waals surface area contributed by atoms with Crippen LogP contribution in [0, 0.1) is 0 Å². The first-order valence-corrected chi connectivity index (χ1v) is 8.49. The Morgan fingerprint density at radius 2 is 2.26 bits per heavy atom. The number of nitrogens with zero attached hydrogens (tertiary/aromatic N) is 3. The van der Waals surface area contributed by atoms with Crippen LogP contribution < -0.4 is 4.90 Å². The van der Waals surface area contributed by atoms with Gasteiger partial charge in [-0.05, 0) is 13.3 Å². The minimum Gasteiger partial charge on any atom is -0.296 e. The van der Waals surface area contributed by atoms with Crippen LogP contribution in [0.3, 0.4) is 0 Å². The summed E-state index contributed by atoms with van der Waals surface area (Å²) in [6.07, 6.45) is 2.41. The number of carbonyl (C=O) groups is 1. The first-order valence-electron chi connectivity index (χ1n) is 6.12. The Morgan fingerprint density at radius 1 is 1.58 bits per heavy atom. The van der Waals surface area contributed by atoms with E-state index in [9.17, 15) is 13.2 Å². The van der Waals surface area contributed by atoms with E-state index in [1.807, 2.05) is 13.8 Å². The summed E-state index contributed by atoms with van der Waals surface area (Å²) in [4.78, 5) is 13.4. The maximum Gasteiger partial charge on any atom is 0.237 e. The highest BCUT2D eigenvalue weighted by Crippen LogP contribution is 2.28. The predicted octanol–water partition coefficient (Wildman–Crippen LogP) is 1.53. The van der Waals surface area contributed by atoms with Crippen molar-refractivity contribution in [3.63, 3.8) is 0 Å². The molecule has 0 spiro atoms. The Labute approximate surface area is 116 Å². The van der Waals surface area contributed by atoms with Crippen LogP contribution in [-0.2, 0) is 13.8 Å². The number of anilines is 1. The maximum absolute atomic E-state index is 12.0. The van der Waals surface area contributed by atoms with Crippen molar-refractivity contribution in [1.29, 1.82) is 0 Å². The molecule has 0 radical (unpaired) electrons. The smallest absolute Gasteiger partial charge is 0.237 e. The van der Waals surface area contributed by atoms with Gasteiger partial charge in [0.05, 0.1) is 12.2 Å². The molecule has 1 aromatic heterocycles. The largest absolute Gasteiger partial charge is 0.296 e. The molecule has 0 saturated carbocycles. The van der Waals surface area contributed by atoms with Gasteiger partial charge < -0.3 is 0 Å². The molecule has 8 heteroatoms. The Kier molecular flexibility index (Phi) is 3.87. The van der Waals surface area contributed by atoms with Gasteiger partial charge in [-0.1, -0.05) is 6.92 Å². The molecule has 2 heterocycles. The number of halogens is 1. The van der Waals surface area contributed by atoms with Gasteiger partial charge in [-0.2, -0.15) is 5.10 Å². The predicted molar refractivity (Wildman–Crippen MR) is 72.8 cm³/mol. The van der Waals surface area contributed by atoms with E-state index in [0.29, 0.717) is 5.82 Å². The maximum atomic E-state index is 12.0. The standard InChI is InChI=1S/C11H16ClN3O3S/c1-3-8(2)15-10(4-5-13-15)14-7-9(6-11(14)16)19(12,17)18/h4-5,8-9H,3,6-7H2,1-2H3. The summed E-state index contributed by atoms with van der Waals surface area (Å²) >= 11 is 0. The highest BCUT2D eigenvalue weighted by molar-refractivity contribution is 8.14. The van der Waals surface area contributed by atoms with Crippen LogP contribution >= 0.6 is 10.7 Å². The highest BCUT2D eigenvalue weighted by atomic mass is 35.7. The van der Waals surface area contributed by atoms with Crippen molar-refractivity contribution in [3.8, 4) is 0 Å². The average Bonchev–Trinajstić information content (AvgIpc) is 2.92. The zero-order chi connectivity index (χ0) is 14.2. The van der Waals surface area contributed by atoms with E-state index in [2.05, 4.69) is 5.10 Å². The number of hydrogen-bond acceptors (Lipinski definition) is 4. The van der Waals surface area contributed by atoms with Gasteiger partial charge in [-0.15, -0.1) is 0 Å². The Hall–Kier alpha value is -1.08. The highest BCUT2D eigenvalue weighted by Gasteiger charge is 2.39. The lowest BCUT2D eigenvalue weighted by atomic mass is 10.3. The van der Waals surface area contributed by atoms with E-state index in [1.165, 1.54) is 4.90 Å². The van der Waals surface area contributed by atoms with Crippen molar-refractivity contribution in [3.05, 3.63) is 12.3 Å². The third-order valence-electron chi connectivity index (χ3n) is 3.42. The van der Waals surface area contributed by atoms with Crippen LogP contribution in [0.5, 0.6) is 0 Å². The Morgan fingerprint density at radius 3 is 2.79 bits per heavy atom. The number of carbonyl (C=O) groups excluding carboxylic acids is 1. The van der Waals surface area contributed by atoms with Crippen molar-refractivity contribution in [2.24, 2.45) is 0 Å². The third-order valence-corrected chi connectivity index (χ3v) is 5.29. The van der Waals surface area contributed by atoms with Crippen LogP contribution in [-0.4, -0.2) is 35.9 Å². The molecular weight excluding hydrogens is 290 g/mol. The van der Waals surface area contributed by atoms with Crippen LogP contribution in [0.1, 0.15) is 32.7 Å². The minimum absolute atomic E-state index is 0.0719. The lowest BCUT2D eigenvalue weighted by Crippen LogP contribution is -2.29. The van der Waals surface area contributed by atoms with E-state index < -0.39 is 14.3 Å². The molecule has 2 unspecified atom stereocenters. The second-order valence-electron chi connectivity index (χ2n) is 4.70. The van der Waals surface area contributed by atoms with Crippen molar-refractivity contribution >= 4 is 31.5 Å². The van der Waals surface area contributed by atoms with Gasteiger partial charge in [0.15, 0.2) is 0 Å². The number of hydrogen-bond donors (Lipinski definition) is 0. The van der Waals surface area contributed by atoms with E-state index >= 15 is 0 Å². The molecule has 19 heavy (non-hydrogen) atoms. The SMILES string of the molecule is CCC(C)n1nccc1N1CC(S(=O)(=O)Cl)CC1=O. The van der Waals surface area contributed by atoms with Crippen molar-refractivity contribution in [2.75, 3.05) is 11.4 Å². The van der Waals surface area contributed by atoms with E-state index in [0.717, 1.165) is 6.42 Å². The minimum atomic E-state index is -3.72. The third kappa shape index (κ3) is 2.76. The van der Waals surface area contributed by atoms with E-state index in [1.54, 1.807) is 16.9 Å². The molecule has 1 amide bonds. The number of aromatic nitrogens is 2. The molecular formula is C11H16ClN3O3S. The zero-order valence-corrected chi connectivity index (χ0v) is 12.4. The van der Waals surface area contributed by atoms with Gasteiger partial charge in [-0.25, -0.2) is 13.1 Å². The summed E-state index contributed by atoms with van der Waals surface area (Å²) < 4.78 is 24.4. The second kappa shape index (κ2) is 5.13. The van der Waals surface area contributed by atoms with Gasteiger partial charge in [0, 0.05) is 29.7 Å². The van der Waals surface area contributed by atoms with Crippen LogP contribution in [0.4, 0.5) is 5.82 Å². The molecule has 0 bridgehead atoms. The van der Waals surface area contributed by atoms with Gasteiger partial charge in [-0.3, -0.25) is 9.69 Å². The summed E-state index contributed by atoms with van der Waals surface area (Å²) in [5.74, 6) is 0.390. The molecule has 1 fully saturated rings. The first-order chi connectivity index (χ1) is 8.84. The molecule has 1 aliphatic rings. The molecule has 1 aliphatic heterocycles. The Balaban J connectivity index is 2.29. The normalized spacial score (nSPS) is 21.9. The first kappa shape index (κ1) is 14.3. The molecule has 0 aliphatic carbocycles. The summed E-state index contributed by atoms with van der Waals surface area (Å²) in [7, 11) is 1.61. The van der Waals surface area contributed by atoms with Crippen LogP contribution in [0.2, 0.25) is 0 Å². The van der Waals surface area contributed by atoms with Crippen molar-refractivity contribution < 1.29 is 13.2 Å². The molecule has 0 N–H and O–H groups in total. The topological polar surface area (TPSA) is 72.3 Å².